The first kappa shape index (κ1) is 14.9. The summed E-state index contributed by atoms with van der Waals surface area (Å²) in [6.07, 6.45) is 2.65. The highest BCUT2D eigenvalue weighted by atomic mass is 79.9. The molecule has 1 aliphatic heterocycles. The van der Waals surface area contributed by atoms with Crippen LogP contribution in [0.25, 0.3) is 0 Å². The molecule has 106 valence electrons. The molecule has 0 aromatic heterocycles. The summed E-state index contributed by atoms with van der Waals surface area (Å²) < 4.78 is 1.17. The second-order valence-corrected chi connectivity index (χ2v) is 6.68. The lowest BCUT2D eigenvalue weighted by atomic mass is 9.90. The number of hydrogen-bond donors (Lipinski definition) is 1. The Morgan fingerprint density at radius 1 is 1.37 bits per heavy atom. The van der Waals surface area contributed by atoms with Gasteiger partial charge in [-0.2, -0.15) is 0 Å². The second-order valence-electron chi connectivity index (χ2n) is 5.77. The standard InChI is InChI=1S/C16H25BrN2/c1-11-6-5-9-19(13(11)3)16-10-14(17)7-8-15(16)12(2)18-4/h7-8,10-13,18H,5-6,9H2,1-4H3. The zero-order chi connectivity index (χ0) is 14.0. The Hall–Kier alpha value is -0.540. The number of halogens is 1. The Morgan fingerprint density at radius 2 is 2.11 bits per heavy atom. The van der Waals surface area contributed by atoms with Gasteiger partial charge >= 0.3 is 0 Å². The number of benzene rings is 1. The lowest BCUT2D eigenvalue weighted by Crippen LogP contribution is -2.43. The lowest BCUT2D eigenvalue weighted by Gasteiger charge is -2.41. The van der Waals surface area contributed by atoms with Crippen molar-refractivity contribution in [3.63, 3.8) is 0 Å². The van der Waals surface area contributed by atoms with Crippen LogP contribution in [0.3, 0.4) is 0 Å². The summed E-state index contributed by atoms with van der Waals surface area (Å²) in [5.41, 5.74) is 2.78. The SMILES string of the molecule is CNC(C)c1ccc(Br)cc1N1CCCC(C)C1C. The molecule has 1 aromatic carbocycles. The van der Waals surface area contributed by atoms with Crippen molar-refractivity contribution in [1.29, 1.82) is 0 Å². The fourth-order valence-corrected chi connectivity index (χ4v) is 3.31. The molecule has 1 N–H and O–H groups in total. The van der Waals surface area contributed by atoms with Crippen molar-refractivity contribution in [2.45, 2.75) is 45.7 Å². The smallest absolute Gasteiger partial charge is 0.0428 e. The molecule has 1 saturated heterocycles. The molecule has 0 spiro atoms. The molecule has 0 bridgehead atoms. The molecule has 2 nitrogen and oxygen atoms in total. The summed E-state index contributed by atoms with van der Waals surface area (Å²) in [4.78, 5) is 2.59. The predicted octanol–water partition coefficient (Wildman–Crippen LogP) is 4.35. The van der Waals surface area contributed by atoms with Crippen LogP contribution in [0.1, 0.15) is 45.2 Å². The summed E-state index contributed by atoms with van der Waals surface area (Å²) in [5.74, 6) is 0.769. The highest BCUT2D eigenvalue weighted by Gasteiger charge is 2.27. The number of nitrogens with zero attached hydrogens (tertiary/aromatic N) is 1. The van der Waals surface area contributed by atoms with Gasteiger partial charge in [-0.3, -0.25) is 0 Å². The molecule has 3 unspecified atom stereocenters. The minimum absolute atomic E-state index is 0.382. The van der Waals surface area contributed by atoms with Crippen molar-refractivity contribution in [1.82, 2.24) is 5.32 Å². The van der Waals surface area contributed by atoms with Crippen molar-refractivity contribution in [2.75, 3.05) is 18.5 Å². The molecule has 0 saturated carbocycles. The average molecular weight is 325 g/mol. The van der Waals surface area contributed by atoms with Gasteiger partial charge in [0.1, 0.15) is 0 Å². The van der Waals surface area contributed by atoms with E-state index in [0.717, 1.165) is 5.92 Å². The van der Waals surface area contributed by atoms with Gasteiger partial charge in [0.15, 0.2) is 0 Å². The summed E-state index contributed by atoms with van der Waals surface area (Å²) in [6, 6.07) is 7.66. The summed E-state index contributed by atoms with van der Waals surface area (Å²) in [6.45, 7) is 8.13. The summed E-state index contributed by atoms with van der Waals surface area (Å²) in [7, 11) is 2.03. The molecule has 3 heteroatoms. The highest BCUT2D eigenvalue weighted by Crippen LogP contribution is 2.35. The molecule has 1 fully saturated rings. The zero-order valence-electron chi connectivity index (χ0n) is 12.4. The van der Waals surface area contributed by atoms with Gasteiger partial charge in [0.2, 0.25) is 0 Å². The van der Waals surface area contributed by atoms with E-state index in [9.17, 15) is 0 Å². The van der Waals surface area contributed by atoms with E-state index in [0.29, 0.717) is 12.1 Å². The topological polar surface area (TPSA) is 15.3 Å². The Labute approximate surface area is 125 Å². The maximum atomic E-state index is 3.62. The van der Waals surface area contributed by atoms with E-state index >= 15 is 0 Å². The van der Waals surface area contributed by atoms with Crippen molar-refractivity contribution in [2.24, 2.45) is 5.92 Å². The van der Waals surface area contributed by atoms with Crippen LogP contribution in [0.2, 0.25) is 0 Å². The van der Waals surface area contributed by atoms with E-state index in [1.807, 2.05) is 7.05 Å². The van der Waals surface area contributed by atoms with Crippen LogP contribution in [0.5, 0.6) is 0 Å². The van der Waals surface area contributed by atoms with Crippen LogP contribution < -0.4 is 10.2 Å². The van der Waals surface area contributed by atoms with E-state index in [1.54, 1.807) is 0 Å². The third kappa shape index (κ3) is 3.14. The minimum atomic E-state index is 0.382. The maximum Gasteiger partial charge on any atom is 0.0428 e. The van der Waals surface area contributed by atoms with E-state index < -0.39 is 0 Å². The number of anilines is 1. The first-order chi connectivity index (χ1) is 9.04. The van der Waals surface area contributed by atoms with Crippen LogP contribution >= 0.6 is 15.9 Å². The lowest BCUT2D eigenvalue weighted by molar-refractivity contribution is 0.362. The third-order valence-corrected chi connectivity index (χ3v) is 5.07. The van der Waals surface area contributed by atoms with Gasteiger partial charge in [-0.25, -0.2) is 0 Å². The Kier molecular flexibility index (Phi) is 4.91. The normalized spacial score (nSPS) is 25.4. The van der Waals surface area contributed by atoms with Gasteiger partial charge < -0.3 is 10.2 Å². The molecule has 0 amide bonds. The van der Waals surface area contributed by atoms with Gasteiger partial charge in [-0.1, -0.05) is 28.9 Å². The first-order valence-corrected chi connectivity index (χ1v) is 8.07. The number of piperidine rings is 1. The van der Waals surface area contributed by atoms with Crippen LogP contribution in [0, 0.1) is 5.92 Å². The largest absolute Gasteiger partial charge is 0.368 e. The van der Waals surface area contributed by atoms with Crippen molar-refractivity contribution in [3.05, 3.63) is 28.2 Å². The monoisotopic (exact) mass is 324 g/mol. The van der Waals surface area contributed by atoms with E-state index in [1.165, 1.54) is 35.1 Å². The molecule has 0 aliphatic carbocycles. The molecular weight excluding hydrogens is 300 g/mol. The number of nitrogens with one attached hydrogen (secondary N) is 1. The van der Waals surface area contributed by atoms with Gasteiger partial charge in [0, 0.05) is 28.8 Å². The molecular formula is C16H25BrN2. The summed E-state index contributed by atoms with van der Waals surface area (Å²) in [5, 5.41) is 3.36. The van der Waals surface area contributed by atoms with Crippen LogP contribution in [0.4, 0.5) is 5.69 Å². The van der Waals surface area contributed by atoms with Gasteiger partial charge in [0.25, 0.3) is 0 Å². The molecule has 1 heterocycles. The maximum absolute atomic E-state index is 3.62. The number of hydrogen-bond acceptors (Lipinski definition) is 2. The van der Waals surface area contributed by atoms with E-state index in [-0.39, 0.29) is 0 Å². The molecule has 0 radical (unpaired) electrons. The quantitative estimate of drug-likeness (QED) is 0.888. The molecule has 1 aromatic rings. The molecule has 19 heavy (non-hydrogen) atoms. The Balaban J connectivity index is 2.39. The van der Waals surface area contributed by atoms with Crippen molar-refractivity contribution >= 4 is 21.6 Å². The minimum Gasteiger partial charge on any atom is -0.368 e. The Bertz CT molecular complexity index is 433. The van der Waals surface area contributed by atoms with E-state index in [2.05, 4.69) is 65.1 Å². The van der Waals surface area contributed by atoms with Crippen molar-refractivity contribution < 1.29 is 0 Å². The molecule has 1 aliphatic rings. The molecule has 2 rings (SSSR count). The van der Waals surface area contributed by atoms with Gasteiger partial charge in [0.05, 0.1) is 0 Å². The fraction of sp³-hybridized carbons (Fsp3) is 0.625. The predicted molar refractivity (Wildman–Crippen MR) is 86.8 cm³/mol. The second kappa shape index (κ2) is 6.27. The van der Waals surface area contributed by atoms with Crippen LogP contribution in [0.15, 0.2) is 22.7 Å². The van der Waals surface area contributed by atoms with E-state index in [4.69, 9.17) is 0 Å². The van der Waals surface area contributed by atoms with Crippen molar-refractivity contribution in [3.8, 4) is 0 Å². The number of rotatable bonds is 3. The van der Waals surface area contributed by atoms with Crippen LogP contribution in [-0.4, -0.2) is 19.6 Å². The van der Waals surface area contributed by atoms with Crippen LogP contribution in [-0.2, 0) is 0 Å². The van der Waals surface area contributed by atoms with Gasteiger partial charge in [-0.05, 0) is 57.4 Å². The third-order valence-electron chi connectivity index (χ3n) is 4.58. The zero-order valence-corrected chi connectivity index (χ0v) is 14.0. The average Bonchev–Trinajstić information content (AvgIpc) is 2.41. The molecule has 3 atom stereocenters. The highest BCUT2D eigenvalue weighted by molar-refractivity contribution is 9.10. The Morgan fingerprint density at radius 3 is 2.79 bits per heavy atom. The first-order valence-electron chi connectivity index (χ1n) is 7.28. The fourth-order valence-electron chi connectivity index (χ4n) is 2.96. The summed E-state index contributed by atoms with van der Waals surface area (Å²) >= 11 is 3.62. The van der Waals surface area contributed by atoms with Gasteiger partial charge in [-0.15, -0.1) is 0 Å².